The summed E-state index contributed by atoms with van der Waals surface area (Å²) in [4.78, 5) is 15.4. The van der Waals surface area contributed by atoms with E-state index in [-0.39, 0.29) is 17.5 Å². The summed E-state index contributed by atoms with van der Waals surface area (Å²) in [6.45, 7) is 14.7. The molecule has 0 aromatic heterocycles. The van der Waals surface area contributed by atoms with Crippen molar-refractivity contribution in [3.63, 3.8) is 0 Å². The molecule has 2 amide bonds. The third kappa shape index (κ3) is 5.44. The topological polar surface area (TPSA) is 44.4 Å². The number of para-hydroxylation sites is 1. The fourth-order valence-electron chi connectivity index (χ4n) is 4.87. The summed E-state index contributed by atoms with van der Waals surface area (Å²) in [6.07, 6.45) is 0.871. The van der Waals surface area contributed by atoms with Gasteiger partial charge < -0.3 is 15.5 Å². The molecule has 4 rings (SSSR count). The molecule has 3 aromatic carbocycles. The molecule has 0 saturated carbocycles. The predicted octanol–water partition coefficient (Wildman–Crippen LogP) is 7.18. The maximum atomic E-state index is 13.0. The third-order valence-electron chi connectivity index (χ3n) is 6.65. The second-order valence-electron chi connectivity index (χ2n) is 10.7. The molecule has 1 aliphatic heterocycles. The number of anilines is 2. The number of carbonyl (C=O) groups excluding carboxylic acids is 1. The van der Waals surface area contributed by atoms with Gasteiger partial charge in [-0.15, -0.1) is 0 Å². The number of amides is 2. The molecule has 178 valence electrons. The average Bonchev–Trinajstić information content (AvgIpc) is 2.75. The molecule has 34 heavy (non-hydrogen) atoms. The van der Waals surface area contributed by atoms with Gasteiger partial charge in [0, 0.05) is 24.5 Å². The minimum atomic E-state index is -0.156. The van der Waals surface area contributed by atoms with E-state index in [0.29, 0.717) is 0 Å². The van der Waals surface area contributed by atoms with Crippen molar-refractivity contribution in [1.29, 1.82) is 0 Å². The molecule has 0 saturated heterocycles. The molecule has 0 spiro atoms. The van der Waals surface area contributed by atoms with Crippen molar-refractivity contribution in [1.82, 2.24) is 5.32 Å². The predicted molar refractivity (Wildman–Crippen MR) is 143 cm³/mol. The number of carbonyl (C=O) groups is 1. The average molecular weight is 456 g/mol. The quantitative estimate of drug-likeness (QED) is 0.437. The molecule has 3 aromatic rings. The minimum Gasteiger partial charge on any atom is -0.367 e. The van der Waals surface area contributed by atoms with Gasteiger partial charge >= 0.3 is 6.03 Å². The Morgan fingerprint density at radius 3 is 2.38 bits per heavy atom. The number of benzene rings is 3. The molecule has 2 N–H and O–H groups in total. The van der Waals surface area contributed by atoms with Gasteiger partial charge in [0.2, 0.25) is 0 Å². The molecule has 0 bridgehead atoms. The van der Waals surface area contributed by atoms with Crippen LogP contribution < -0.4 is 15.5 Å². The molecule has 1 unspecified atom stereocenters. The zero-order valence-corrected chi connectivity index (χ0v) is 21.3. The largest absolute Gasteiger partial charge is 0.367 e. The van der Waals surface area contributed by atoms with Crippen molar-refractivity contribution in [2.24, 2.45) is 0 Å². The highest BCUT2D eigenvalue weighted by molar-refractivity contribution is 5.90. The maximum Gasteiger partial charge on any atom is 0.319 e. The van der Waals surface area contributed by atoms with Crippen molar-refractivity contribution < 1.29 is 4.79 Å². The number of hydrogen-bond acceptors (Lipinski definition) is 2. The second-order valence-corrected chi connectivity index (χ2v) is 10.7. The Kier molecular flexibility index (Phi) is 6.70. The number of rotatable bonds is 4. The summed E-state index contributed by atoms with van der Waals surface area (Å²) < 4.78 is 0. The van der Waals surface area contributed by atoms with Crippen molar-refractivity contribution in [3.8, 4) is 0 Å². The molecular weight excluding hydrogens is 418 g/mol. The Balaban J connectivity index is 1.50. The van der Waals surface area contributed by atoms with Crippen LogP contribution in [-0.4, -0.2) is 12.6 Å². The third-order valence-corrected chi connectivity index (χ3v) is 6.65. The Labute approximate surface area is 204 Å². The van der Waals surface area contributed by atoms with E-state index >= 15 is 0 Å². The summed E-state index contributed by atoms with van der Waals surface area (Å²) in [6, 6.07) is 21.3. The van der Waals surface area contributed by atoms with Crippen molar-refractivity contribution >= 4 is 17.4 Å². The van der Waals surface area contributed by atoms with Gasteiger partial charge in [0.15, 0.2) is 0 Å². The lowest BCUT2D eigenvalue weighted by Crippen LogP contribution is -2.39. The minimum absolute atomic E-state index is 0.0159. The Morgan fingerprint density at radius 1 is 0.971 bits per heavy atom. The number of nitrogens with zero attached hydrogens (tertiary/aromatic N) is 1. The van der Waals surface area contributed by atoms with Crippen LogP contribution in [0.25, 0.3) is 0 Å². The van der Waals surface area contributed by atoms with Crippen molar-refractivity contribution in [2.75, 3.05) is 16.8 Å². The number of fused-ring (bicyclic) bond motifs is 1. The lowest BCUT2D eigenvalue weighted by Gasteiger charge is -2.36. The highest BCUT2D eigenvalue weighted by atomic mass is 16.2. The molecule has 0 radical (unpaired) electrons. The fraction of sp³-hybridized carbons (Fsp3) is 0.367. The first-order valence-electron chi connectivity index (χ1n) is 12.2. The molecule has 0 fully saturated rings. The van der Waals surface area contributed by atoms with E-state index in [1.807, 2.05) is 6.92 Å². The number of hydrogen-bond donors (Lipinski definition) is 2. The van der Waals surface area contributed by atoms with Gasteiger partial charge in [0.1, 0.15) is 0 Å². The van der Waals surface area contributed by atoms with Gasteiger partial charge in [-0.3, -0.25) is 0 Å². The van der Waals surface area contributed by atoms with Gasteiger partial charge in [0.05, 0.1) is 6.04 Å². The lowest BCUT2D eigenvalue weighted by atomic mass is 9.86. The van der Waals surface area contributed by atoms with Gasteiger partial charge in [0.25, 0.3) is 0 Å². The van der Waals surface area contributed by atoms with Gasteiger partial charge in [-0.05, 0) is 67.0 Å². The number of nitrogens with one attached hydrogen (secondary N) is 2. The molecule has 1 aliphatic rings. The standard InChI is InChI=1S/C30H37N3O/c1-20-15-21(2)17-23(16-20)19-33-14-13-26(25-9-7-8-10-28(25)33)31-29(34)32-27-18-24(30(4,5)6)12-11-22(27)3/h7-12,15-18,26H,13-14,19H2,1-6H3,(H2,31,32,34). The smallest absolute Gasteiger partial charge is 0.319 e. The van der Waals surface area contributed by atoms with Crippen LogP contribution in [0, 0.1) is 20.8 Å². The number of urea groups is 1. The van der Waals surface area contributed by atoms with Gasteiger partial charge in [-0.2, -0.15) is 0 Å². The van der Waals surface area contributed by atoms with E-state index in [0.717, 1.165) is 30.8 Å². The van der Waals surface area contributed by atoms with Gasteiger partial charge in [-0.25, -0.2) is 4.79 Å². The highest BCUT2D eigenvalue weighted by Crippen LogP contribution is 2.35. The Bertz CT molecular complexity index is 1170. The van der Waals surface area contributed by atoms with E-state index in [9.17, 15) is 4.79 Å². The first-order chi connectivity index (χ1) is 16.1. The van der Waals surface area contributed by atoms with Crippen LogP contribution in [0.4, 0.5) is 16.2 Å². The molecule has 1 heterocycles. The van der Waals surface area contributed by atoms with Crippen LogP contribution in [0.1, 0.15) is 66.6 Å². The van der Waals surface area contributed by atoms with Crippen LogP contribution in [0.5, 0.6) is 0 Å². The van der Waals surface area contributed by atoms with Crippen LogP contribution in [-0.2, 0) is 12.0 Å². The van der Waals surface area contributed by atoms with Crippen LogP contribution >= 0.6 is 0 Å². The Morgan fingerprint density at radius 2 is 1.68 bits per heavy atom. The summed E-state index contributed by atoms with van der Waals surface area (Å²) in [5, 5.41) is 6.34. The van der Waals surface area contributed by atoms with E-state index in [2.05, 4.69) is 111 Å². The fourth-order valence-corrected chi connectivity index (χ4v) is 4.87. The molecule has 4 heteroatoms. The SMILES string of the molecule is Cc1cc(C)cc(CN2CCC(NC(=O)Nc3cc(C(C)(C)C)ccc3C)c3ccccc32)c1. The lowest BCUT2D eigenvalue weighted by molar-refractivity contribution is 0.247. The van der Waals surface area contributed by atoms with Crippen molar-refractivity contribution in [3.05, 3.63) is 94.0 Å². The summed E-state index contributed by atoms with van der Waals surface area (Å²) in [5.41, 5.74) is 9.45. The molecule has 4 nitrogen and oxygen atoms in total. The first-order valence-corrected chi connectivity index (χ1v) is 12.2. The van der Waals surface area contributed by atoms with E-state index in [1.165, 1.54) is 33.5 Å². The summed E-state index contributed by atoms with van der Waals surface area (Å²) in [7, 11) is 0. The normalized spacial score (nSPS) is 15.6. The van der Waals surface area contributed by atoms with E-state index in [4.69, 9.17) is 0 Å². The van der Waals surface area contributed by atoms with Gasteiger partial charge in [-0.1, -0.05) is 80.4 Å². The van der Waals surface area contributed by atoms with Crippen molar-refractivity contribution in [2.45, 2.75) is 66.0 Å². The van der Waals surface area contributed by atoms with Crippen LogP contribution in [0.15, 0.2) is 60.7 Å². The number of aryl methyl sites for hydroxylation is 3. The second kappa shape index (κ2) is 9.54. The highest BCUT2D eigenvalue weighted by Gasteiger charge is 2.26. The zero-order chi connectivity index (χ0) is 24.5. The summed E-state index contributed by atoms with van der Waals surface area (Å²) >= 11 is 0. The molecular formula is C30H37N3O. The molecule has 1 atom stereocenters. The van der Waals surface area contributed by atoms with Crippen LogP contribution in [0.2, 0.25) is 0 Å². The van der Waals surface area contributed by atoms with Crippen LogP contribution in [0.3, 0.4) is 0 Å². The Hall–Kier alpha value is -3.27. The van der Waals surface area contributed by atoms with E-state index in [1.54, 1.807) is 0 Å². The summed E-state index contributed by atoms with van der Waals surface area (Å²) in [5.74, 6) is 0. The maximum absolute atomic E-state index is 13.0. The first kappa shape index (κ1) is 23.9. The zero-order valence-electron chi connectivity index (χ0n) is 21.3. The van der Waals surface area contributed by atoms with E-state index < -0.39 is 0 Å². The monoisotopic (exact) mass is 455 g/mol. The molecule has 0 aliphatic carbocycles.